The van der Waals surface area contributed by atoms with E-state index in [9.17, 15) is 4.79 Å². The van der Waals surface area contributed by atoms with E-state index in [1.54, 1.807) is 24.3 Å². The molecule has 0 bridgehead atoms. The Labute approximate surface area is 114 Å². The highest BCUT2D eigenvalue weighted by atomic mass is 35.5. The summed E-state index contributed by atoms with van der Waals surface area (Å²) in [5.41, 5.74) is 0.622. The van der Waals surface area contributed by atoms with Crippen molar-refractivity contribution in [2.75, 3.05) is 0 Å². The molecule has 94 valence electrons. The Balaban J connectivity index is 2.23. The first-order chi connectivity index (χ1) is 9.10. The van der Waals surface area contributed by atoms with Crippen LogP contribution in [0, 0.1) is 11.3 Å². The maximum Gasteiger partial charge on any atom is 0.335 e. The molecule has 1 N–H and O–H groups in total. The van der Waals surface area contributed by atoms with E-state index < -0.39 is 5.97 Å². The SMILES string of the molecule is N#Cc1ccc(Oc2ccc(C(=O)O)cc2Cl)cc1. The van der Waals surface area contributed by atoms with Crippen molar-refractivity contribution in [3.63, 3.8) is 0 Å². The van der Waals surface area contributed by atoms with Gasteiger partial charge in [-0.2, -0.15) is 5.26 Å². The number of carbonyl (C=O) groups is 1. The number of aromatic carboxylic acids is 1. The zero-order valence-electron chi connectivity index (χ0n) is 9.63. The zero-order chi connectivity index (χ0) is 13.8. The first kappa shape index (κ1) is 12.9. The minimum absolute atomic E-state index is 0.0946. The molecule has 0 amide bonds. The van der Waals surface area contributed by atoms with E-state index in [2.05, 4.69) is 0 Å². The van der Waals surface area contributed by atoms with Crippen molar-refractivity contribution in [1.82, 2.24) is 0 Å². The topological polar surface area (TPSA) is 70.3 Å². The predicted molar refractivity (Wildman–Crippen MR) is 69.6 cm³/mol. The molecule has 0 heterocycles. The highest BCUT2D eigenvalue weighted by Crippen LogP contribution is 2.30. The number of hydrogen-bond donors (Lipinski definition) is 1. The summed E-state index contributed by atoms with van der Waals surface area (Å²) in [7, 11) is 0. The van der Waals surface area contributed by atoms with Gasteiger partial charge in [0.15, 0.2) is 0 Å². The molecule has 0 fully saturated rings. The van der Waals surface area contributed by atoms with Gasteiger partial charge in [0, 0.05) is 0 Å². The normalized spacial score (nSPS) is 9.68. The lowest BCUT2D eigenvalue weighted by molar-refractivity contribution is 0.0697. The molecule has 0 saturated heterocycles. The van der Waals surface area contributed by atoms with Gasteiger partial charge < -0.3 is 9.84 Å². The van der Waals surface area contributed by atoms with E-state index >= 15 is 0 Å². The molecule has 0 aromatic heterocycles. The molecule has 4 nitrogen and oxygen atoms in total. The van der Waals surface area contributed by atoms with Gasteiger partial charge in [0.05, 0.1) is 22.2 Å². The lowest BCUT2D eigenvalue weighted by Crippen LogP contribution is -1.96. The number of carboxylic acid groups (broad SMARTS) is 1. The second kappa shape index (κ2) is 5.42. The molecule has 0 saturated carbocycles. The van der Waals surface area contributed by atoms with Crippen LogP contribution in [0.4, 0.5) is 0 Å². The third-order valence-corrected chi connectivity index (χ3v) is 2.69. The van der Waals surface area contributed by atoms with Gasteiger partial charge in [-0.15, -0.1) is 0 Å². The number of rotatable bonds is 3. The molecular formula is C14H8ClNO3. The van der Waals surface area contributed by atoms with Gasteiger partial charge in [-0.1, -0.05) is 11.6 Å². The number of halogens is 1. The van der Waals surface area contributed by atoms with Gasteiger partial charge in [0.1, 0.15) is 11.5 Å². The monoisotopic (exact) mass is 273 g/mol. The van der Waals surface area contributed by atoms with Crippen molar-refractivity contribution < 1.29 is 14.6 Å². The summed E-state index contributed by atoms with van der Waals surface area (Å²) in [6.07, 6.45) is 0. The molecule has 0 unspecified atom stereocenters. The first-order valence-electron chi connectivity index (χ1n) is 5.31. The fraction of sp³-hybridized carbons (Fsp3) is 0. The van der Waals surface area contributed by atoms with Crippen LogP contribution in [0.5, 0.6) is 11.5 Å². The fourth-order valence-corrected chi connectivity index (χ4v) is 1.66. The van der Waals surface area contributed by atoms with Crippen molar-refractivity contribution in [3.05, 3.63) is 58.6 Å². The van der Waals surface area contributed by atoms with Crippen LogP contribution < -0.4 is 4.74 Å². The van der Waals surface area contributed by atoms with Crippen LogP contribution in [0.1, 0.15) is 15.9 Å². The van der Waals surface area contributed by atoms with Crippen molar-refractivity contribution in [1.29, 1.82) is 5.26 Å². The van der Waals surface area contributed by atoms with Gasteiger partial charge in [0.25, 0.3) is 0 Å². The number of hydrogen-bond acceptors (Lipinski definition) is 3. The first-order valence-corrected chi connectivity index (χ1v) is 5.69. The quantitative estimate of drug-likeness (QED) is 0.925. The highest BCUT2D eigenvalue weighted by molar-refractivity contribution is 6.32. The number of ether oxygens (including phenoxy) is 1. The molecule has 0 aliphatic carbocycles. The van der Waals surface area contributed by atoms with E-state index in [1.165, 1.54) is 18.2 Å². The maximum absolute atomic E-state index is 10.8. The predicted octanol–water partition coefficient (Wildman–Crippen LogP) is 3.70. The Bertz CT molecular complexity index is 659. The molecule has 0 atom stereocenters. The average Bonchev–Trinajstić information content (AvgIpc) is 2.41. The summed E-state index contributed by atoms with van der Waals surface area (Å²) in [4.78, 5) is 10.8. The van der Waals surface area contributed by atoms with E-state index in [4.69, 9.17) is 26.7 Å². The van der Waals surface area contributed by atoms with Gasteiger partial charge in [-0.05, 0) is 42.5 Å². The average molecular weight is 274 g/mol. The minimum Gasteiger partial charge on any atom is -0.478 e. The lowest BCUT2D eigenvalue weighted by Gasteiger charge is -2.08. The van der Waals surface area contributed by atoms with Gasteiger partial charge >= 0.3 is 5.97 Å². The Kier molecular flexibility index (Phi) is 3.69. The van der Waals surface area contributed by atoms with Crippen LogP contribution in [0.25, 0.3) is 0 Å². The summed E-state index contributed by atoms with van der Waals surface area (Å²) in [6, 6.07) is 12.7. The highest BCUT2D eigenvalue weighted by Gasteiger charge is 2.08. The Hall–Kier alpha value is -2.51. The third-order valence-electron chi connectivity index (χ3n) is 2.39. The summed E-state index contributed by atoms with van der Waals surface area (Å²) >= 11 is 5.94. The second-order valence-electron chi connectivity index (χ2n) is 3.69. The van der Waals surface area contributed by atoms with Gasteiger partial charge in [0.2, 0.25) is 0 Å². The van der Waals surface area contributed by atoms with E-state index in [-0.39, 0.29) is 10.6 Å². The van der Waals surface area contributed by atoms with Crippen LogP contribution in [-0.4, -0.2) is 11.1 Å². The van der Waals surface area contributed by atoms with Crippen LogP contribution in [0.3, 0.4) is 0 Å². The Morgan fingerprint density at radius 3 is 2.42 bits per heavy atom. The Morgan fingerprint density at radius 2 is 1.89 bits per heavy atom. The third kappa shape index (κ3) is 3.03. The summed E-state index contributed by atoms with van der Waals surface area (Å²) < 4.78 is 5.51. The lowest BCUT2D eigenvalue weighted by atomic mass is 10.2. The van der Waals surface area contributed by atoms with Crippen molar-refractivity contribution in [3.8, 4) is 17.6 Å². The van der Waals surface area contributed by atoms with Crippen molar-refractivity contribution in [2.24, 2.45) is 0 Å². The smallest absolute Gasteiger partial charge is 0.335 e. The Morgan fingerprint density at radius 1 is 1.21 bits per heavy atom. The van der Waals surface area contributed by atoms with Crippen molar-refractivity contribution >= 4 is 17.6 Å². The molecular weight excluding hydrogens is 266 g/mol. The molecule has 0 aliphatic rings. The minimum atomic E-state index is -1.05. The zero-order valence-corrected chi connectivity index (χ0v) is 10.4. The van der Waals surface area contributed by atoms with Crippen LogP contribution >= 0.6 is 11.6 Å². The number of benzene rings is 2. The fourth-order valence-electron chi connectivity index (χ4n) is 1.44. The van der Waals surface area contributed by atoms with Crippen LogP contribution in [0.15, 0.2) is 42.5 Å². The van der Waals surface area contributed by atoms with Gasteiger partial charge in [-0.3, -0.25) is 0 Å². The second-order valence-corrected chi connectivity index (χ2v) is 4.10. The molecule has 0 spiro atoms. The van der Waals surface area contributed by atoms with E-state index in [0.29, 0.717) is 17.1 Å². The molecule has 0 radical (unpaired) electrons. The number of carboxylic acids is 1. The molecule has 5 heteroatoms. The maximum atomic E-state index is 10.8. The van der Waals surface area contributed by atoms with Crippen molar-refractivity contribution in [2.45, 2.75) is 0 Å². The molecule has 2 rings (SSSR count). The summed E-state index contributed by atoms with van der Waals surface area (Å²) in [5, 5.41) is 17.7. The molecule has 19 heavy (non-hydrogen) atoms. The standard InChI is InChI=1S/C14H8ClNO3/c15-12-7-10(14(17)18)3-6-13(12)19-11-4-1-9(8-16)2-5-11/h1-7H,(H,17,18). The molecule has 0 aliphatic heterocycles. The largest absolute Gasteiger partial charge is 0.478 e. The van der Waals surface area contributed by atoms with E-state index in [1.807, 2.05) is 6.07 Å². The van der Waals surface area contributed by atoms with E-state index in [0.717, 1.165) is 0 Å². The molecule has 2 aromatic rings. The number of nitriles is 1. The van der Waals surface area contributed by atoms with Gasteiger partial charge in [-0.25, -0.2) is 4.79 Å². The summed E-state index contributed by atoms with van der Waals surface area (Å²) in [6.45, 7) is 0. The summed E-state index contributed by atoms with van der Waals surface area (Å²) in [5.74, 6) is -0.174. The number of nitrogens with zero attached hydrogens (tertiary/aromatic N) is 1. The molecule has 2 aromatic carbocycles. The van der Waals surface area contributed by atoms with Crippen LogP contribution in [0.2, 0.25) is 5.02 Å². The van der Waals surface area contributed by atoms with Crippen LogP contribution in [-0.2, 0) is 0 Å².